The molecule has 2 aromatic rings. The molecule has 0 spiro atoms. The minimum absolute atomic E-state index is 0.0458. The number of hydrogen-bond acceptors (Lipinski definition) is 5. The van der Waals surface area contributed by atoms with Crippen LogP contribution in [-0.4, -0.2) is 30.8 Å². The molecule has 0 amide bonds. The Morgan fingerprint density at radius 2 is 2.35 bits per heavy atom. The van der Waals surface area contributed by atoms with Crippen LogP contribution in [0.3, 0.4) is 0 Å². The van der Waals surface area contributed by atoms with E-state index in [9.17, 15) is 9.59 Å². The number of aromatic nitrogens is 4. The van der Waals surface area contributed by atoms with Gasteiger partial charge < -0.3 is 5.11 Å². The van der Waals surface area contributed by atoms with E-state index in [0.717, 1.165) is 0 Å². The summed E-state index contributed by atoms with van der Waals surface area (Å²) in [6.07, 6.45) is 1.40. The Morgan fingerprint density at radius 3 is 2.94 bits per heavy atom. The van der Waals surface area contributed by atoms with Crippen molar-refractivity contribution >= 4 is 17.7 Å². The lowest BCUT2D eigenvalue weighted by molar-refractivity contribution is 0.0690. The number of carbonyl (C=O) groups is 1. The molecule has 17 heavy (non-hydrogen) atoms. The fraction of sp³-hybridized carbons (Fsp3) is 0.111. The molecule has 88 valence electrons. The Morgan fingerprint density at radius 1 is 1.59 bits per heavy atom. The van der Waals surface area contributed by atoms with E-state index in [2.05, 4.69) is 15.2 Å². The van der Waals surface area contributed by atoms with Crippen LogP contribution >= 0.6 is 11.8 Å². The van der Waals surface area contributed by atoms with Gasteiger partial charge in [-0.05, 0) is 23.9 Å². The Hall–Kier alpha value is -2.09. The predicted molar refractivity (Wildman–Crippen MR) is 59.1 cm³/mol. The van der Waals surface area contributed by atoms with Crippen molar-refractivity contribution in [3.63, 3.8) is 0 Å². The number of pyridine rings is 1. The number of rotatable bonds is 3. The first-order valence-electron chi connectivity index (χ1n) is 4.56. The number of nitrogens with zero attached hydrogens (tertiary/aromatic N) is 3. The van der Waals surface area contributed by atoms with Gasteiger partial charge in [0.1, 0.15) is 5.69 Å². The fourth-order valence-electron chi connectivity index (χ4n) is 1.12. The Bertz CT molecular complexity index is 619. The van der Waals surface area contributed by atoms with Crippen LogP contribution in [0.1, 0.15) is 10.5 Å². The van der Waals surface area contributed by atoms with Crippen molar-refractivity contribution in [3.8, 4) is 0 Å². The maximum absolute atomic E-state index is 11.1. The lowest BCUT2D eigenvalue weighted by Crippen LogP contribution is -2.12. The molecule has 0 aromatic carbocycles. The van der Waals surface area contributed by atoms with Gasteiger partial charge in [0.05, 0.1) is 0 Å². The van der Waals surface area contributed by atoms with Gasteiger partial charge in [0.25, 0.3) is 0 Å². The normalized spacial score (nSPS) is 10.4. The van der Waals surface area contributed by atoms with Crippen LogP contribution in [0.5, 0.6) is 0 Å². The van der Waals surface area contributed by atoms with E-state index in [1.165, 1.54) is 28.6 Å². The summed E-state index contributed by atoms with van der Waals surface area (Å²) in [6.45, 7) is 0. The number of carboxylic acids is 1. The maximum atomic E-state index is 11.1. The molecule has 2 N–H and O–H groups in total. The molecule has 2 heterocycles. The second kappa shape index (κ2) is 4.42. The Labute approximate surface area is 99.5 Å². The van der Waals surface area contributed by atoms with E-state index in [0.29, 0.717) is 10.1 Å². The number of aromatic amines is 1. The molecule has 0 aliphatic rings. The molecule has 2 aromatic heterocycles. The van der Waals surface area contributed by atoms with E-state index in [4.69, 9.17) is 5.11 Å². The molecule has 0 aliphatic carbocycles. The SMILES string of the molecule is Cn1c(Sc2ccnc(C(=O)O)c2)n[nH]c1=O. The summed E-state index contributed by atoms with van der Waals surface area (Å²) in [5.74, 6) is -1.09. The maximum Gasteiger partial charge on any atom is 0.354 e. The second-order valence-corrected chi connectivity index (χ2v) is 4.20. The third kappa shape index (κ3) is 2.36. The van der Waals surface area contributed by atoms with Crippen molar-refractivity contribution in [1.29, 1.82) is 0 Å². The summed E-state index contributed by atoms with van der Waals surface area (Å²) in [7, 11) is 1.58. The third-order valence-corrected chi connectivity index (χ3v) is 3.04. The molecule has 0 aliphatic heterocycles. The Kier molecular flexibility index (Phi) is 2.96. The Balaban J connectivity index is 2.30. The lowest BCUT2D eigenvalue weighted by Gasteiger charge is -2.00. The summed E-state index contributed by atoms with van der Waals surface area (Å²) in [4.78, 5) is 26.2. The van der Waals surface area contributed by atoms with Gasteiger partial charge in [0.2, 0.25) is 0 Å². The summed E-state index contributed by atoms with van der Waals surface area (Å²) in [5.41, 5.74) is -0.365. The summed E-state index contributed by atoms with van der Waals surface area (Å²) in [6, 6.07) is 3.07. The van der Waals surface area contributed by atoms with Crippen LogP contribution in [0, 0.1) is 0 Å². The van der Waals surface area contributed by atoms with Gasteiger partial charge in [-0.1, -0.05) is 0 Å². The third-order valence-electron chi connectivity index (χ3n) is 2.00. The summed E-state index contributed by atoms with van der Waals surface area (Å²) in [5, 5.41) is 15.3. The highest BCUT2D eigenvalue weighted by Crippen LogP contribution is 2.24. The predicted octanol–water partition coefficient (Wildman–Crippen LogP) is 0.353. The minimum Gasteiger partial charge on any atom is -0.477 e. The summed E-state index contributed by atoms with van der Waals surface area (Å²) >= 11 is 1.18. The van der Waals surface area contributed by atoms with Crippen LogP contribution < -0.4 is 5.69 Å². The molecule has 0 saturated carbocycles. The number of hydrogen-bond donors (Lipinski definition) is 2. The highest BCUT2D eigenvalue weighted by Gasteiger charge is 2.09. The van der Waals surface area contributed by atoms with E-state index < -0.39 is 5.97 Å². The van der Waals surface area contributed by atoms with Crippen molar-refractivity contribution in [3.05, 3.63) is 34.5 Å². The van der Waals surface area contributed by atoms with E-state index in [1.807, 2.05) is 0 Å². The van der Waals surface area contributed by atoms with Crippen LogP contribution in [0.4, 0.5) is 0 Å². The zero-order valence-electron chi connectivity index (χ0n) is 8.75. The molecule has 2 rings (SSSR count). The first-order chi connectivity index (χ1) is 8.08. The smallest absolute Gasteiger partial charge is 0.354 e. The van der Waals surface area contributed by atoms with Gasteiger partial charge in [0, 0.05) is 18.1 Å². The van der Waals surface area contributed by atoms with Gasteiger partial charge in [-0.2, -0.15) is 0 Å². The quantitative estimate of drug-likeness (QED) is 0.817. The highest BCUT2D eigenvalue weighted by molar-refractivity contribution is 7.99. The van der Waals surface area contributed by atoms with Crippen LogP contribution in [0.15, 0.2) is 33.2 Å². The van der Waals surface area contributed by atoms with Crippen LogP contribution in [0.25, 0.3) is 0 Å². The molecule has 8 heteroatoms. The number of aromatic carboxylic acids is 1. The number of nitrogens with one attached hydrogen (secondary N) is 1. The van der Waals surface area contributed by atoms with Gasteiger partial charge in [0.15, 0.2) is 5.16 Å². The largest absolute Gasteiger partial charge is 0.477 e. The average molecular weight is 252 g/mol. The molecule has 0 unspecified atom stereocenters. The monoisotopic (exact) mass is 252 g/mol. The molecular weight excluding hydrogens is 244 g/mol. The van der Waals surface area contributed by atoms with Gasteiger partial charge in [-0.15, -0.1) is 5.10 Å². The van der Waals surface area contributed by atoms with E-state index in [1.54, 1.807) is 13.1 Å². The van der Waals surface area contributed by atoms with Crippen molar-refractivity contribution in [2.45, 2.75) is 10.1 Å². The molecule has 0 radical (unpaired) electrons. The number of carboxylic acid groups (broad SMARTS) is 1. The minimum atomic E-state index is -1.09. The van der Waals surface area contributed by atoms with E-state index >= 15 is 0 Å². The fourth-order valence-corrected chi connectivity index (χ4v) is 1.94. The zero-order chi connectivity index (χ0) is 12.4. The lowest BCUT2D eigenvalue weighted by atomic mass is 10.4. The molecule has 7 nitrogen and oxygen atoms in total. The van der Waals surface area contributed by atoms with Gasteiger partial charge in [-0.25, -0.2) is 19.7 Å². The molecule has 0 saturated heterocycles. The topological polar surface area (TPSA) is 101 Å². The second-order valence-electron chi connectivity index (χ2n) is 3.15. The molecular formula is C9H8N4O3S. The zero-order valence-corrected chi connectivity index (χ0v) is 9.56. The highest BCUT2D eigenvalue weighted by atomic mass is 32.2. The average Bonchev–Trinajstić information content (AvgIpc) is 2.61. The van der Waals surface area contributed by atoms with Gasteiger partial charge in [-0.3, -0.25) is 4.57 Å². The summed E-state index contributed by atoms with van der Waals surface area (Å²) < 4.78 is 1.34. The first-order valence-corrected chi connectivity index (χ1v) is 5.38. The first kappa shape index (κ1) is 11.4. The van der Waals surface area contributed by atoms with Crippen molar-refractivity contribution in [2.75, 3.05) is 0 Å². The van der Waals surface area contributed by atoms with Crippen LogP contribution in [0.2, 0.25) is 0 Å². The molecule has 0 bridgehead atoms. The van der Waals surface area contributed by atoms with Crippen molar-refractivity contribution in [2.24, 2.45) is 7.05 Å². The van der Waals surface area contributed by atoms with Crippen LogP contribution in [-0.2, 0) is 7.05 Å². The van der Waals surface area contributed by atoms with Crippen molar-refractivity contribution in [1.82, 2.24) is 19.7 Å². The van der Waals surface area contributed by atoms with E-state index in [-0.39, 0.29) is 11.4 Å². The number of H-pyrrole nitrogens is 1. The molecule has 0 atom stereocenters. The van der Waals surface area contributed by atoms with Gasteiger partial charge >= 0.3 is 11.7 Å². The van der Waals surface area contributed by atoms with Crippen molar-refractivity contribution < 1.29 is 9.90 Å². The standard InChI is InChI=1S/C9H8N4O3S/c1-13-8(16)11-12-9(13)17-5-2-3-10-6(4-5)7(14)15/h2-4H,1H3,(H,11,16)(H,14,15). The molecule has 0 fully saturated rings.